The number of carbonyl (C=O) groups excluding carboxylic acids is 1. The van der Waals surface area contributed by atoms with E-state index in [1.165, 1.54) is 12.8 Å². The molecule has 0 atom stereocenters. The first-order chi connectivity index (χ1) is 15.2. The summed E-state index contributed by atoms with van der Waals surface area (Å²) in [7, 11) is -2.98. The van der Waals surface area contributed by atoms with Gasteiger partial charge in [0.25, 0.3) is 5.91 Å². The van der Waals surface area contributed by atoms with Gasteiger partial charge in [-0.25, -0.2) is 18.4 Å². The average molecular weight is 460 g/mol. The van der Waals surface area contributed by atoms with Gasteiger partial charge in [-0.15, -0.1) is 0 Å². The number of hydrogen-bond acceptors (Lipinski definition) is 5. The van der Waals surface area contributed by atoms with Crippen LogP contribution in [-0.4, -0.2) is 41.8 Å². The van der Waals surface area contributed by atoms with Crippen molar-refractivity contribution in [3.05, 3.63) is 22.8 Å². The Hall–Kier alpha value is -1.50. The van der Waals surface area contributed by atoms with Gasteiger partial charge in [0.2, 0.25) is 0 Å². The van der Waals surface area contributed by atoms with Crippen LogP contribution in [0.5, 0.6) is 0 Å². The molecule has 1 aromatic heterocycles. The largest absolute Gasteiger partial charge is 0.351 e. The molecule has 1 aromatic rings. The fraction of sp³-hybridized carbons (Fsp3) is 0.800. The molecular formula is C25H37N3O3S. The maximum Gasteiger partial charge on any atom is 0.254 e. The van der Waals surface area contributed by atoms with Crippen molar-refractivity contribution in [3.63, 3.8) is 0 Å². The lowest BCUT2D eigenvalue weighted by Crippen LogP contribution is -2.43. The van der Waals surface area contributed by atoms with Crippen LogP contribution < -0.4 is 5.32 Å². The standard InChI is InChI=1S/C25H37N3O3S/c1-16-22(17(2)28-23(27-16)20-7-8-20)24(29)26-15-25(13-18-3-4-18)11-9-21(10-12-25)32(30,31)14-19-5-6-19/h18-21H,3-15H2,1-2H3,(H,26,29). The summed E-state index contributed by atoms with van der Waals surface area (Å²) in [5.74, 6) is 2.82. The number of aromatic nitrogens is 2. The summed E-state index contributed by atoms with van der Waals surface area (Å²) in [5.41, 5.74) is 2.17. The number of nitrogens with zero attached hydrogens (tertiary/aromatic N) is 2. The molecule has 0 bridgehead atoms. The van der Waals surface area contributed by atoms with Gasteiger partial charge in [0, 0.05) is 12.5 Å². The van der Waals surface area contributed by atoms with Gasteiger partial charge in [0.1, 0.15) is 5.82 Å². The van der Waals surface area contributed by atoms with Gasteiger partial charge in [0.15, 0.2) is 9.84 Å². The van der Waals surface area contributed by atoms with E-state index < -0.39 is 9.84 Å². The molecule has 176 valence electrons. The molecular weight excluding hydrogens is 422 g/mol. The second-order valence-corrected chi connectivity index (χ2v) is 13.5. The van der Waals surface area contributed by atoms with Crippen LogP contribution in [0.2, 0.25) is 0 Å². The molecule has 5 rings (SSSR count). The first-order valence-corrected chi connectivity index (χ1v) is 14.3. The minimum absolute atomic E-state index is 0.0268. The first kappa shape index (κ1) is 22.3. The quantitative estimate of drug-likeness (QED) is 0.596. The van der Waals surface area contributed by atoms with Gasteiger partial charge < -0.3 is 5.32 Å². The Morgan fingerprint density at radius 1 is 0.938 bits per heavy atom. The Kier molecular flexibility index (Phi) is 5.83. The lowest BCUT2D eigenvalue weighted by molar-refractivity contribution is 0.0893. The number of sulfone groups is 1. The molecule has 1 heterocycles. The van der Waals surface area contributed by atoms with Crippen molar-refractivity contribution in [2.24, 2.45) is 17.3 Å². The Bertz CT molecular complexity index is 963. The van der Waals surface area contributed by atoms with Crippen molar-refractivity contribution < 1.29 is 13.2 Å². The summed E-state index contributed by atoms with van der Waals surface area (Å²) in [6.07, 6.45) is 11.4. The van der Waals surface area contributed by atoms with Gasteiger partial charge >= 0.3 is 0 Å². The number of amides is 1. The van der Waals surface area contributed by atoms with E-state index in [4.69, 9.17) is 0 Å². The van der Waals surface area contributed by atoms with Crippen LogP contribution in [0.25, 0.3) is 0 Å². The highest BCUT2D eigenvalue weighted by molar-refractivity contribution is 7.92. The molecule has 4 fully saturated rings. The second-order valence-electron chi connectivity index (χ2n) is 11.2. The summed E-state index contributed by atoms with van der Waals surface area (Å²) < 4.78 is 25.6. The Morgan fingerprint density at radius 2 is 1.53 bits per heavy atom. The van der Waals surface area contributed by atoms with Crippen LogP contribution in [0.15, 0.2) is 0 Å². The minimum atomic E-state index is -2.98. The monoisotopic (exact) mass is 459 g/mol. The number of carbonyl (C=O) groups is 1. The summed E-state index contributed by atoms with van der Waals surface area (Å²) in [6, 6.07) is 0. The normalized spacial score (nSPS) is 28.5. The van der Waals surface area contributed by atoms with E-state index in [0.717, 1.165) is 80.9 Å². The summed E-state index contributed by atoms with van der Waals surface area (Å²) in [4.78, 5) is 22.4. The van der Waals surface area contributed by atoms with E-state index in [2.05, 4.69) is 15.3 Å². The van der Waals surface area contributed by atoms with E-state index in [0.29, 0.717) is 29.7 Å². The molecule has 0 aliphatic heterocycles. The molecule has 6 nitrogen and oxygen atoms in total. The smallest absolute Gasteiger partial charge is 0.254 e. The molecule has 4 aliphatic rings. The topological polar surface area (TPSA) is 89.0 Å². The fourth-order valence-corrected chi connectivity index (χ4v) is 7.87. The first-order valence-electron chi connectivity index (χ1n) is 12.6. The van der Waals surface area contributed by atoms with Crippen LogP contribution >= 0.6 is 0 Å². The van der Waals surface area contributed by atoms with Crippen molar-refractivity contribution in [2.75, 3.05) is 12.3 Å². The van der Waals surface area contributed by atoms with Crippen molar-refractivity contribution in [2.45, 2.75) is 95.6 Å². The lowest BCUT2D eigenvalue weighted by Gasteiger charge is -2.40. The number of aryl methyl sites for hydroxylation is 2. The number of nitrogens with one attached hydrogen (secondary N) is 1. The molecule has 0 spiro atoms. The van der Waals surface area contributed by atoms with E-state index in [-0.39, 0.29) is 16.6 Å². The van der Waals surface area contributed by atoms with Gasteiger partial charge in [-0.2, -0.15) is 0 Å². The van der Waals surface area contributed by atoms with Crippen LogP contribution in [0.3, 0.4) is 0 Å². The van der Waals surface area contributed by atoms with Crippen molar-refractivity contribution in [3.8, 4) is 0 Å². The Labute approximate surface area is 192 Å². The molecule has 0 saturated heterocycles. The maximum absolute atomic E-state index is 13.1. The van der Waals surface area contributed by atoms with Crippen molar-refractivity contribution in [1.82, 2.24) is 15.3 Å². The van der Waals surface area contributed by atoms with Crippen LogP contribution in [-0.2, 0) is 9.84 Å². The average Bonchev–Trinajstić information content (AvgIpc) is 3.58. The third-order valence-corrected chi connectivity index (χ3v) is 10.6. The predicted molar refractivity (Wildman–Crippen MR) is 124 cm³/mol. The zero-order valence-corrected chi connectivity index (χ0v) is 20.3. The zero-order valence-electron chi connectivity index (χ0n) is 19.5. The van der Waals surface area contributed by atoms with E-state index in [1.54, 1.807) is 0 Å². The Balaban J connectivity index is 1.24. The van der Waals surface area contributed by atoms with E-state index >= 15 is 0 Å². The molecule has 0 aromatic carbocycles. The summed E-state index contributed by atoms with van der Waals surface area (Å²) in [5, 5.41) is 3.03. The molecule has 0 unspecified atom stereocenters. The van der Waals surface area contributed by atoms with Gasteiger partial charge in [-0.3, -0.25) is 4.79 Å². The molecule has 4 saturated carbocycles. The third-order valence-electron chi connectivity index (χ3n) is 8.17. The second kappa shape index (κ2) is 8.37. The predicted octanol–water partition coefficient (Wildman–Crippen LogP) is 4.25. The SMILES string of the molecule is Cc1nc(C2CC2)nc(C)c1C(=O)NCC1(CC2CC2)CCC(S(=O)(=O)CC2CC2)CC1. The fourth-order valence-electron chi connectivity index (χ4n) is 5.65. The van der Waals surface area contributed by atoms with Crippen molar-refractivity contribution >= 4 is 15.7 Å². The van der Waals surface area contributed by atoms with Crippen LogP contribution in [0.1, 0.15) is 104 Å². The molecule has 32 heavy (non-hydrogen) atoms. The highest BCUT2D eigenvalue weighted by Crippen LogP contribution is 2.49. The highest BCUT2D eigenvalue weighted by Gasteiger charge is 2.44. The Morgan fingerprint density at radius 3 is 2.06 bits per heavy atom. The van der Waals surface area contributed by atoms with Gasteiger partial charge in [0.05, 0.1) is 28.0 Å². The van der Waals surface area contributed by atoms with E-state index in [9.17, 15) is 13.2 Å². The molecule has 4 aliphatic carbocycles. The third kappa shape index (κ3) is 5.02. The highest BCUT2D eigenvalue weighted by atomic mass is 32.2. The summed E-state index contributed by atoms with van der Waals surface area (Å²) >= 11 is 0. The maximum atomic E-state index is 13.1. The number of hydrogen-bond donors (Lipinski definition) is 1. The molecule has 1 N–H and O–H groups in total. The van der Waals surface area contributed by atoms with Crippen LogP contribution in [0.4, 0.5) is 0 Å². The van der Waals surface area contributed by atoms with Gasteiger partial charge in [-0.1, -0.05) is 12.8 Å². The van der Waals surface area contributed by atoms with E-state index in [1.807, 2.05) is 13.8 Å². The summed E-state index contributed by atoms with van der Waals surface area (Å²) in [6.45, 7) is 4.44. The lowest BCUT2D eigenvalue weighted by atomic mass is 9.70. The minimum Gasteiger partial charge on any atom is -0.351 e. The molecule has 1 amide bonds. The molecule has 7 heteroatoms. The van der Waals surface area contributed by atoms with Crippen LogP contribution in [0, 0.1) is 31.1 Å². The zero-order chi connectivity index (χ0) is 22.5. The number of rotatable bonds is 9. The molecule has 0 radical (unpaired) electrons. The van der Waals surface area contributed by atoms with Gasteiger partial charge in [-0.05, 0) is 88.9 Å². The van der Waals surface area contributed by atoms with Crippen molar-refractivity contribution in [1.29, 1.82) is 0 Å².